The van der Waals surface area contributed by atoms with Crippen LogP contribution in [-0.2, 0) is 0 Å². The van der Waals surface area contributed by atoms with E-state index in [1.165, 1.54) is 0 Å². The molecule has 0 saturated carbocycles. The molecule has 0 fully saturated rings. The van der Waals surface area contributed by atoms with Gasteiger partial charge in [-0.2, -0.15) is 0 Å². The van der Waals surface area contributed by atoms with E-state index in [2.05, 4.69) is 10.3 Å². The summed E-state index contributed by atoms with van der Waals surface area (Å²) in [6, 6.07) is 27.4. The lowest BCUT2D eigenvalue weighted by Gasteiger charge is -2.33. The highest BCUT2D eigenvalue weighted by atomic mass is 16.5. The fourth-order valence-electron chi connectivity index (χ4n) is 3.77. The number of nitrogens with zero attached hydrogens (tertiary/aromatic N) is 1. The van der Waals surface area contributed by atoms with Crippen LogP contribution in [-0.4, -0.2) is 13.0 Å². The summed E-state index contributed by atoms with van der Waals surface area (Å²) in [5, 5.41) is 4.53. The van der Waals surface area contributed by atoms with Gasteiger partial charge < -0.3 is 4.74 Å². The molecule has 0 radical (unpaired) electrons. The lowest BCUT2D eigenvalue weighted by molar-refractivity contribution is -0.328. The molecule has 3 aromatic carbocycles. The number of nitrogens with one attached hydrogen (secondary N) is 2. The third-order valence-corrected chi connectivity index (χ3v) is 5.24. The summed E-state index contributed by atoms with van der Waals surface area (Å²) in [6.07, 6.45) is -0.347. The number of H-pyrrole nitrogens is 1. The highest BCUT2D eigenvalue weighted by Crippen LogP contribution is 2.36. The Hall–Kier alpha value is -3.86. The molecule has 2 heterocycles. The summed E-state index contributed by atoms with van der Waals surface area (Å²) < 4.78 is 5.29. The Morgan fingerprint density at radius 3 is 2.41 bits per heavy atom. The number of para-hydroxylation sites is 2. The molecule has 1 atom stereocenters. The van der Waals surface area contributed by atoms with E-state index in [1.54, 1.807) is 12.0 Å². The quantitative estimate of drug-likeness (QED) is 0.570. The number of methoxy groups -OCH3 is 1. The molecule has 0 aliphatic carbocycles. The Labute approximate surface area is 168 Å². The number of aromatic amines is 1. The molecule has 0 spiro atoms. The van der Waals surface area contributed by atoms with Crippen LogP contribution in [0.1, 0.15) is 22.1 Å². The highest BCUT2D eigenvalue weighted by Gasteiger charge is 2.39. The van der Waals surface area contributed by atoms with Crippen LogP contribution in [0.3, 0.4) is 0 Å². The zero-order valence-corrected chi connectivity index (χ0v) is 15.9. The number of fused-ring (bicyclic) bond motifs is 2. The zero-order valence-electron chi connectivity index (χ0n) is 15.9. The van der Waals surface area contributed by atoms with Crippen LogP contribution in [0.25, 0.3) is 10.9 Å². The predicted molar refractivity (Wildman–Crippen MR) is 113 cm³/mol. The van der Waals surface area contributed by atoms with E-state index in [0.717, 1.165) is 33.7 Å². The van der Waals surface area contributed by atoms with Crippen molar-refractivity contribution >= 4 is 28.3 Å². The molecule has 1 aliphatic rings. The Balaban J connectivity index is 1.67. The molecule has 0 saturated heterocycles. The van der Waals surface area contributed by atoms with Crippen molar-refractivity contribution < 1.29 is 14.5 Å². The predicted octanol–water partition coefficient (Wildman–Crippen LogP) is 4.43. The van der Waals surface area contributed by atoms with E-state index in [9.17, 15) is 4.79 Å². The van der Waals surface area contributed by atoms with Gasteiger partial charge in [0, 0.05) is 16.6 Å². The molecule has 4 aromatic rings. The van der Waals surface area contributed by atoms with E-state index in [0.29, 0.717) is 5.56 Å². The van der Waals surface area contributed by atoms with Crippen LogP contribution >= 0.6 is 0 Å². The van der Waals surface area contributed by atoms with Crippen molar-refractivity contribution in [3.8, 4) is 5.75 Å². The summed E-state index contributed by atoms with van der Waals surface area (Å²) in [5.74, 6) is 1.45. The minimum Gasteiger partial charge on any atom is -0.497 e. The Morgan fingerprint density at radius 2 is 1.66 bits per heavy atom. The number of anilines is 2. The third kappa shape index (κ3) is 2.97. The number of carbonyl (C=O) groups is 1. The van der Waals surface area contributed by atoms with Gasteiger partial charge in [-0.3, -0.25) is 9.69 Å². The average Bonchev–Trinajstić information content (AvgIpc) is 2.78. The summed E-state index contributed by atoms with van der Waals surface area (Å²) in [5.41, 5.74) is 3.41. The number of hydrogen-bond acceptors (Lipinski definition) is 3. The number of hydrogen-bond donors (Lipinski definition) is 1. The number of pyridine rings is 1. The van der Waals surface area contributed by atoms with Crippen LogP contribution in [0, 0.1) is 0 Å². The van der Waals surface area contributed by atoms with Gasteiger partial charge in [-0.1, -0.05) is 36.4 Å². The van der Waals surface area contributed by atoms with Crippen LogP contribution in [0.15, 0.2) is 84.9 Å². The standard InChI is InChI=1S/C24H19N3O2/c1-29-19-13-11-16(12-14-19)23-26-22-20(15-17-7-5-6-10-21(17)25-22)24(28)27(23)18-8-3-2-4-9-18/h2-15,23H,1H3,(H,25,26)/p+1/t23-/m1/s1. The number of aromatic nitrogens is 1. The second kappa shape index (κ2) is 6.95. The molecule has 1 amide bonds. The van der Waals surface area contributed by atoms with Crippen molar-refractivity contribution in [3.05, 3.63) is 96.1 Å². The first-order valence-corrected chi connectivity index (χ1v) is 9.49. The maximum Gasteiger partial charge on any atom is 0.287 e. The number of ether oxygens (including phenoxy) is 1. The molecule has 5 heteroatoms. The van der Waals surface area contributed by atoms with Crippen LogP contribution in [0.4, 0.5) is 11.5 Å². The first-order valence-electron chi connectivity index (χ1n) is 9.49. The number of carbonyl (C=O) groups excluding carboxylic acids is 1. The van der Waals surface area contributed by atoms with E-state index in [4.69, 9.17) is 4.74 Å². The summed E-state index contributed by atoms with van der Waals surface area (Å²) in [4.78, 5) is 18.8. The van der Waals surface area contributed by atoms with Gasteiger partial charge in [-0.15, -0.1) is 0 Å². The monoisotopic (exact) mass is 382 g/mol. The zero-order chi connectivity index (χ0) is 19.8. The molecule has 29 heavy (non-hydrogen) atoms. The van der Waals surface area contributed by atoms with E-state index in [-0.39, 0.29) is 12.1 Å². The van der Waals surface area contributed by atoms with Gasteiger partial charge in [0.15, 0.2) is 0 Å². The third-order valence-electron chi connectivity index (χ3n) is 5.24. The topological polar surface area (TPSA) is 55.7 Å². The minimum atomic E-state index is -0.347. The lowest BCUT2D eigenvalue weighted by atomic mass is 10.0. The van der Waals surface area contributed by atoms with Gasteiger partial charge in [0.05, 0.1) is 7.11 Å². The van der Waals surface area contributed by atoms with Gasteiger partial charge in [0.2, 0.25) is 6.17 Å². The van der Waals surface area contributed by atoms with Crippen molar-refractivity contribution in [3.63, 3.8) is 0 Å². The maximum absolute atomic E-state index is 13.6. The minimum absolute atomic E-state index is 0.0484. The van der Waals surface area contributed by atoms with Crippen molar-refractivity contribution in [1.82, 2.24) is 0 Å². The molecule has 1 aromatic heterocycles. The second-order valence-electron chi connectivity index (χ2n) is 6.98. The Morgan fingerprint density at radius 1 is 0.931 bits per heavy atom. The van der Waals surface area contributed by atoms with Crippen molar-refractivity contribution in [2.75, 3.05) is 17.3 Å². The number of rotatable bonds is 3. The highest BCUT2D eigenvalue weighted by molar-refractivity contribution is 6.12. The largest absolute Gasteiger partial charge is 0.497 e. The Kier molecular flexibility index (Phi) is 4.13. The average molecular weight is 382 g/mol. The molecule has 5 rings (SSSR count). The van der Waals surface area contributed by atoms with E-state index in [1.807, 2.05) is 84.9 Å². The van der Waals surface area contributed by atoms with Crippen LogP contribution in [0.2, 0.25) is 0 Å². The molecule has 142 valence electrons. The SMILES string of the molecule is COc1ccc([C@@H]2Nc3[nH+]c4ccccc4cc3C(=O)N2c2ccccc2)cc1. The van der Waals surface area contributed by atoms with Crippen molar-refractivity contribution in [2.45, 2.75) is 6.17 Å². The number of amides is 1. The van der Waals surface area contributed by atoms with Crippen molar-refractivity contribution in [1.29, 1.82) is 0 Å². The molecule has 0 unspecified atom stereocenters. The smallest absolute Gasteiger partial charge is 0.287 e. The Bertz CT molecular complexity index is 1190. The first kappa shape index (κ1) is 17.3. The normalized spacial score (nSPS) is 15.7. The van der Waals surface area contributed by atoms with Gasteiger partial charge in [0.25, 0.3) is 11.7 Å². The van der Waals surface area contributed by atoms with E-state index >= 15 is 0 Å². The molecule has 1 aliphatic heterocycles. The van der Waals surface area contributed by atoms with Gasteiger partial charge >= 0.3 is 0 Å². The summed E-state index contributed by atoms with van der Waals surface area (Å²) >= 11 is 0. The summed E-state index contributed by atoms with van der Waals surface area (Å²) in [7, 11) is 1.64. The van der Waals surface area contributed by atoms with Crippen LogP contribution in [0.5, 0.6) is 5.75 Å². The molecule has 0 bridgehead atoms. The second-order valence-corrected chi connectivity index (χ2v) is 6.98. The van der Waals surface area contributed by atoms with Gasteiger partial charge in [-0.25, -0.2) is 10.3 Å². The molecule has 2 N–H and O–H groups in total. The maximum atomic E-state index is 13.6. The fourth-order valence-corrected chi connectivity index (χ4v) is 3.77. The van der Waals surface area contributed by atoms with Crippen LogP contribution < -0.4 is 19.9 Å². The fraction of sp³-hybridized carbons (Fsp3) is 0.0833. The molecule has 5 nitrogen and oxygen atoms in total. The van der Waals surface area contributed by atoms with Gasteiger partial charge in [0.1, 0.15) is 16.8 Å². The summed E-state index contributed by atoms with van der Waals surface area (Å²) in [6.45, 7) is 0. The van der Waals surface area contributed by atoms with E-state index < -0.39 is 0 Å². The van der Waals surface area contributed by atoms with Crippen molar-refractivity contribution in [2.24, 2.45) is 0 Å². The number of benzene rings is 3. The van der Waals surface area contributed by atoms with Gasteiger partial charge in [-0.05, 0) is 48.5 Å². The lowest BCUT2D eigenvalue weighted by Crippen LogP contribution is -2.45. The molecular formula is C24H20N3O2+. The first-order chi connectivity index (χ1) is 14.2. The molecular weight excluding hydrogens is 362 g/mol.